The van der Waals surface area contributed by atoms with Crippen molar-refractivity contribution in [3.05, 3.63) is 29.6 Å². The van der Waals surface area contributed by atoms with Crippen LogP contribution in [-0.4, -0.2) is 36.1 Å². The van der Waals surface area contributed by atoms with Crippen LogP contribution in [0.4, 0.5) is 4.39 Å². The van der Waals surface area contributed by atoms with Crippen molar-refractivity contribution in [1.82, 2.24) is 4.90 Å². The molecular formula is C13H14FNO2S. The first-order valence-electron chi connectivity index (χ1n) is 6.07. The van der Waals surface area contributed by atoms with Gasteiger partial charge in [0, 0.05) is 23.5 Å². The predicted molar refractivity (Wildman–Crippen MR) is 67.5 cm³/mol. The third kappa shape index (κ3) is 2.12. The quantitative estimate of drug-likeness (QED) is 0.790. The molecule has 18 heavy (non-hydrogen) atoms. The Kier molecular flexibility index (Phi) is 3.03. The number of rotatable bonds is 1. The zero-order valence-electron chi connectivity index (χ0n) is 9.80. The van der Waals surface area contributed by atoms with Gasteiger partial charge in [0.05, 0.1) is 12.2 Å². The van der Waals surface area contributed by atoms with Crippen molar-refractivity contribution >= 4 is 18.5 Å². The van der Waals surface area contributed by atoms with Crippen LogP contribution in [0.2, 0.25) is 0 Å². The number of carbonyl (C=O) groups excluding carboxylic acids is 1. The number of amides is 1. The molecule has 2 aliphatic heterocycles. The van der Waals surface area contributed by atoms with E-state index in [1.807, 2.05) is 0 Å². The minimum absolute atomic E-state index is 0.123. The van der Waals surface area contributed by atoms with E-state index in [-0.39, 0.29) is 23.0 Å². The number of ether oxygens (including phenoxy) is 1. The van der Waals surface area contributed by atoms with Crippen LogP contribution in [0.25, 0.3) is 0 Å². The first kappa shape index (κ1) is 12.0. The first-order chi connectivity index (χ1) is 8.63. The average Bonchev–Trinajstić information content (AvgIpc) is 2.71. The Morgan fingerprint density at radius 2 is 2.00 bits per heavy atom. The molecule has 2 aliphatic rings. The number of hydrogen-bond acceptors (Lipinski definition) is 3. The second-order valence-electron chi connectivity index (χ2n) is 4.83. The van der Waals surface area contributed by atoms with Crippen LogP contribution in [0.15, 0.2) is 23.1 Å². The molecule has 0 aromatic heterocycles. The molecule has 2 heterocycles. The number of hydrogen-bond donors (Lipinski definition) is 1. The van der Waals surface area contributed by atoms with Crippen molar-refractivity contribution in [2.24, 2.45) is 0 Å². The maximum absolute atomic E-state index is 13.4. The van der Waals surface area contributed by atoms with Crippen molar-refractivity contribution in [3.63, 3.8) is 0 Å². The summed E-state index contributed by atoms with van der Waals surface area (Å²) in [7, 11) is 0. The van der Waals surface area contributed by atoms with Gasteiger partial charge in [-0.05, 0) is 31.0 Å². The largest absolute Gasteiger partial charge is 0.371 e. The zero-order chi connectivity index (χ0) is 12.7. The average molecular weight is 267 g/mol. The van der Waals surface area contributed by atoms with E-state index in [0.717, 1.165) is 12.8 Å². The summed E-state index contributed by atoms with van der Waals surface area (Å²) in [6, 6.07) is 4.38. The first-order valence-corrected chi connectivity index (χ1v) is 6.51. The van der Waals surface area contributed by atoms with Crippen LogP contribution < -0.4 is 0 Å². The van der Waals surface area contributed by atoms with E-state index in [2.05, 4.69) is 12.6 Å². The topological polar surface area (TPSA) is 29.5 Å². The number of thiol groups is 1. The fourth-order valence-corrected chi connectivity index (χ4v) is 2.74. The molecule has 0 saturated carbocycles. The van der Waals surface area contributed by atoms with Gasteiger partial charge in [0.25, 0.3) is 5.91 Å². The number of nitrogens with zero attached hydrogens (tertiary/aromatic N) is 1. The lowest BCUT2D eigenvalue weighted by molar-refractivity contribution is -0.0303. The molecule has 2 saturated heterocycles. The Balaban J connectivity index is 1.79. The van der Waals surface area contributed by atoms with E-state index in [1.54, 1.807) is 11.0 Å². The molecule has 0 radical (unpaired) electrons. The second-order valence-corrected chi connectivity index (χ2v) is 5.32. The molecule has 3 nitrogen and oxygen atoms in total. The molecule has 2 bridgehead atoms. The van der Waals surface area contributed by atoms with Gasteiger partial charge in [-0.3, -0.25) is 4.79 Å². The molecule has 0 aliphatic carbocycles. The van der Waals surface area contributed by atoms with Crippen LogP contribution in [0.1, 0.15) is 23.2 Å². The fourth-order valence-electron chi connectivity index (χ4n) is 2.60. The minimum Gasteiger partial charge on any atom is -0.371 e. The van der Waals surface area contributed by atoms with E-state index >= 15 is 0 Å². The molecule has 5 heteroatoms. The van der Waals surface area contributed by atoms with Crippen LogP contribution in [0, 0.1) is 5.82 Å². The number of fused-ring (bicyclic) bond motifs is 2. The predicted octanol–water partition coefficient (Wildman–Crippen LogP) is 2.12. The molecule has 2 atom stereocenters. The lowest BCUT2D eigenvalue weighted by Crippen LogP contribution is -2.45. The van der Waals surface area contributed by atoms with E-state index in [4.69, 9.17) is 4.74 Å². The maximum atomic E-state index is 13.4. The molecule has 1 aromatic rings. The van der Waals surface area contributed by atoms with Crippen molar-refractivity contribution in [3.8, 4) is 0 Å². The number of morpholine rings is 1. The Hall–Kier alpha value is -1.07. The lowest BCUT2D eigenvalue weighted by atomic mass is 10.1. The highest BCUT2D eigenvalue weighted by Crippen LogP contribution is 2.27. The van der Waals surface area contributed by atoms with Gasteiger partial charge in [-0.2, -0.15) is 0 Å². The normalized spacial score (nSPS) is 26.4. The summed E-state index contributed by atoms with van der Waals surface area (Å²) in [4.78, 5) is 14.3. The van der Waals surface area contributed by atoms with Gasteiger partial charge >= 0.3 is 0 Å². The van der Waals surface area contributed by atoms with Crippen LogP contribution in [-0.2, 0) is 4.74 Å². The minimum atomic E-state index is -0.458. The fraction of sp³-hybridized carbons (Fsp3) is 0.462. The number of halogens is 1. The summed E-state index contributed by atoms with van der Waals surface area (Å²) in [5.41, 5.74) is 0.381. The highest BCUT2D eigenvalue weighted by atomic mass is 32.1. The van der Waals surface area contributed by atoms with Crippen molar-refractivity contribution in [1.29, 1.82) is 0 Å². The van der Waals surface area contributed by atoms with Gasteiger partial charge in [0.2, 0.25) is 0 Å². The smallest absolute Gasteiger partial charge is 0.254 e. The standard InChI is InChI=1S/C13H14FNO2S/c14-11-5-8(1-4-12(11)18)13(16)15-6-9-2-3-10(7-15)17-9/h1,4-5,9-10,18H,2-3,6-7H2. The van der Waals surface area contributed by atoms with Crippen molar-refractivity contribution in [2.45, 2.75) is 29.9 Å². The van der Waals surface area contributed by atoms with E-state index in [9.17, 15) is 9.18 Å². The van der Waals surface area contributed by atoms with Gasteiger partial charge in [-0.25, -0.2) is 4.39 Å². The van der Waals surface area contributed by atoms with Crippen molar-refractivity contribution < 1.29 is 13.9 Å². The molecule has 2 fully saturated rings. The summed E-state index contributed by atoms with van der Waals surface area (Å²) in [6.45, 7) is 1.22. The molecule has 96 valence electrons. The molecule has 1 aromatic carbocycles. The number of likely N-dealkylation sites (tertiary alicyclic amines) is 1. The van der Waals surface area contributed by atoms with E-state index in [0.29, 0.717) is 18.7 Å². The maximum Gasteiger partial charge on any atom is 0.254 e. The lowest BCUT2D eigenvalue weighted by Gasteiger charge is -2.32. The molecule has 2 unspecified atom stereocenters. The highest BCUT2D eigenvalue weighted by molar-refractivity contribution is 7.80. The molecule has 3 rings (SSSR count). The Labute approximate surface area is 110 Å². The SMILES string of the molecule is O=C(c1ccc(S)c(F)c1)N1CC2CCC(C1)O2. The molecule has 0 N–H and O–H groups in total. The summed E-state index contributed by atoms with van der Waals surface area (Å²) in [5.74, 6) is -0.581. The highest BCUT2D eigenvalue weighted by Gasteiger charge is 2.35. The Morgan fingerprint density at radius 1 is 1.33 bits per heavy atom. The summed E-state index contributed by atoms with van der Waals surface area (Å²) in [6.07, 6.45) is 2.33. The van der Waals surface area contributed by atoms with E-state index < -0.39 is 5.82 Å². The van der Waals surface area contributed by atoms with Gasteiger partial charge in [0.15, 0.2) is 0 Å². The number of carbonyl (C=O) groups is 1. The van der Waals surface area contributed by atoms with Gasteiger partial charge in [0.1, 0.15) is 5.82 Å². The Bertz CT molecular complexity index is 482. The number of benzene rings is 1. The summed E-state index contributed by atoms with van der Waals surface area (Å²) in [5, 5.41) is 0. The van der Waals surface area contributed by atoms with Gasteiger partial charge < -0.3 is 9.64 Å². The van der Waals surface area contributed by atoms with Gasteiger partial charge in [-0.1, -0.05) is 0 Å². The van der Waals surface area contributed by atoms with Crippen LogP contribution in [0.5, 0.6) is 0 Å². The van der Waals surface area contributed by atoms with Crippen molar-refractivity contribution in [2.75, 3.05) is 13.1 Å². The summed E-state index contributed by atoms with van der Waals surface area (Å²) < 4.78 is 19.1. The molecule has 1 amide bonds. The van der Waals surface area contributed by atoms with Crippen LogP contribution in [0.3, 0.4) is 0 Å². The third-order valence-electron chi connectivity index (χ3n) is 3.53. The molecule has 0 spiro atoms. The van der Waals surface area contributed by atoms with E-state index in [1.165, 1.54) is 12.1 Å². The van der Waals surface area contributed by atoms with Gasteiger partial charge in [-0.15, -0.1) is 12.6 Å². The third-order valence-corrected chi connectivity index (χ3v) is 3.89. The molecular weight excluding hydrogens is 253 g/mol. The summed E-state index contributed by atoms with van der Waals surface area (Å²) >= 11 is 3.96. The zero-order valence-corrected chi connectivity index (χ0v) is 10.7. The van der Waals surface area contributed by atoms with Crippen LogP contribution >= 0.6 is 12.6 Å². The second kappa shape index (κ2) is 4.55. The Morgan fingerprint density at radius 3 is 2.61 bits per heavy atom. The monoisotopic (exact) mass is 267 g/mol.